The van der Waals surface area contributed by atoms with Gasteiger partial charge in [0.2, 0.25) is 11.8 Å². The third-order valence-corrected chi connectivity index (χ3v) is 5.10. The van der Waals surface area contributed by atoms with E-state index < -0.39 is 17.6 Å². The Morgan fingerprint density at radius 3 is 2.50 bits per heavy atom. The topological polar surface area (TPSA) is 96.8 Å². The summed E-state index contributed by atoms with van der Waals surface area (Å²) in [5, 5.41) is 5.41. The number of rotatable bonds is 3. The largest absolute Gasteiger partial charge is 0.443 e. The Balaban J connectivity index is 1.50. The molecule has 2 aliphatic rings. The molecule has 0 aromatic carbocycles. The second kappa shape index (κ2) is 7.81. The van der Waals surface area contributed by atoms with E-state index in [9.17, 15) is 14.4 Å². The molecule has 0 radical (unpaired) electrons. The molecular weight excluding hydrogens is 362 g/mol. The number of amides is 3. The lowest BCUT2D eigenvalue weighted by Gasteiger charge is -2.33. The highest BCUT2D eigenvalue weighted by Crippen LogP contribution is 2.29. The zero-order valence-corrected chi connectivity index (χ0v) is 17.0. The van der Waals surface area contributed by atoms with Gasteiger partial charge in [-0.15, -0.1) is 0 Å². The van der Waals surface area contributed by atoms with Crippen LogP contribution in [0.15, 0.2) is 12.4 Å². The molecule has 0 saturated carbocycles. The van der Waals surface area contributed by atoms with Crippen molar-refractivity contribution in [1.29, 1.82) is 0 Å². The van der Waals surface area contributed by atoms with Crippen LogP contribution in [-0.4, -0.2) is 62.8 Å². The minimum absolute atomic E-state index is 0.0218. The standard InChI is InChI=1S/C19H29N5O4/c1-19(2,3)28-18(27)21-24-12-14(9-16(24)25)17(26)23-7-5-13(6-8-23)15-10-20-22(4)11-15/h10-11,13-14H,5-9,12H2,1-4H3,(H,21,27). The first-order chi connectivity index (χ1) is 13.1. The predicted molar refractivity (Wildman–Crippen MR) is 101 cm³/mol. The Bertz CT molecular complexity index is 746. The highest BCUT2D eigenvalue weighted by Gasteiger charge is 2.39. The number of carbonyl (C=O) groups is 3. The van der Waals surface area contributed by atoms with Gasteiger partial charge in [0.1, 0.15) is 5.60 Å². The Kier molecular flexibility index (Phi) is 5.62. The SMILES string of the molecule is Cn1cc(C2CCN(C(=O)C3CC(=O)N(NC(=O)OC(C)(C)C)C3)CC2)cn1. The van der Waals surface area contributed by atoms with E-state index in [1.165, 1.54) is 10.6 Å². The van der Waals surface area contributed by atoms with Gasteiger partial charge < -0.3 is 9.64 Å². The van der Waals surface area contributed by atoms with E-state index >= 15 is 0 Å². The number of hydrogen-bond acceptors (Lipinski definition) is 5. The van der Waals surface area contributed by atoms with Crippen molar-refractivity contribution < 1.29 is 19.1 Å². The van der Waals surface area contributed by atoms with Crippen molar-refractivity contribution in [2.24, 2.45) is 13.0 Å². The fourth-order valence-corrected chi connectivity index (χ4v) is 3.73. The van der Waals surface area contributed by atoms with Crippen molar-refractivity contribution in [1.82, 2.24) is 25.1 Å². The van der Waals surface area contributed by atoms with Gasteiger partial charge in [-0.1, -0.05) is 0 Å². The molecular formula is C19H29N5O4. The summed E-state index contributed by atoms with van der Waals surface area (Å²) in [6, 6.07) is 0. The highest BCUT2D eigenvalue weighted by molar-refractivity contribution is 5.90. The number of hydrogen-bond donors (Lipinski definition) is 1. The normalized spacial score (nSPS) is 21.1. The molecule has 2 saturated heterocycles. The summed E-state index contributed by atoms with van der Waals surface area (Å²) in [6.45, 7) is 6.77. The number of aromatic nitrogens is 2. The fourth-order valence-electron chi connectivity index (χ4n) is 3.73. The molecule has 9 heteroatoms. The Labute approximate surface area is 165 Å². The van der Waals surface area contributed by atoms with Crippen LogP contribution in [0, 0.1) is 5.92 Å². The third-order valence-electron chi connectivity index (χ3n) is 5.10. The number of carbonyl (C=O) groups excluding carboxylic acids is 3. The summed E-state index contributed by atoms with van der Waals surface area (Å²) >= 11 is 0. The quantitative estimate of drug-likeness (QED) is 0.840. The first-order valence-corrected chi connectivity index (χ1v) is 9.69. The Hall–Kier alpha value is -2.58. The van der Waals surface area contributed by atoms with Crippen molar-refractivity contribution in [2.45, 2.75) is 51.6 Å². The van der Waals surface area contributed by atoms with Crippen LogP contribution in [-0.2, 0) is 21.4 Å². The molecule has 3 amide bonds. The summed E-state index contributed by atoms with van der Waals surface area (Å²) in [6.07, 6.45) is 5.11. The zero-order valence-electron chi connectivity index (χ0n) is 17.0. The molecule has 1 aromatic heterocycles. The van der Waals surface area contributed by atoms with E-state index in [1.54, 1.807) is 25.5 Å². The molecule has 0 spiro atoms. The Morgan fingerprint density at radius 1 is 1.25 bits per heavy atom. The Morgan fingerprint density at radius 2 is 1.93 bits per heavy atom. The van der Waals surface area contributed by atoms with Crippen LogP contribution < -0.4 is 5.43 Å². The van der Waals surface area contributed by atoms with Gasteiger partial charge in [-0.05, 0) is 45.1 Å². The first-order valence-electron chi connectivity index (χ1n) is 9.69. The summed E-state index contributed by atoms with van der Waals surface area (Å²) in [7, 11) is 1.90. The van der Waals surface area contributed by atoms with Gasteiger partial charge in [-0.3, -0.25) is 19.3 Å². The van der Waals surface area contributed by atoms with Gasteiger partial charge in [0.05, 0.1) is 18.7 Å². The van der Waals surface area contributed by atoms with E-state index in [2.05, 4.69) is 10.5 Å². The number of ether oxygens (including phenoxy) is 1. The summed E-state index contributed by atoms with van der Waals surface area (Å²) in [5.41, 5.74) is 3.00. The monoisotopic (exact) mass is 391 g/mol. The molecule has 1 unspecified atom stereocenters. The average molecular weight is 391 g/mol. The van der Waals surface area contributed by atoms with Crippen LogP contribution in [0.3, 0.4) is 0 Å². The van der Waals surface area contributed by atoms with Crippen molar-refractivity contribution in [3.05, 3.63) is 18.0 Å². The van der Waals surface area contributed by atoms with E-state index in [-0.39, 0.29) is 24.8 Å². The predicted octanol–water partition coefficient (Wildman–Crippen LogP) is 1.41. The van der Waals surface area contributed by atoms with E-state index in [0.29, 0.717) is 19.0 Å². The summed E-state index contributed by atoms with van der Waals surface area (Å²) in [4.78, 5) is 38.7. The van der Waals surface area contributed by atoms with Gasteiger partial charge in [0.15, 0.2) is 0 Å². The van der Waals surface area contributed by atoms with Gasteiger partial charge in [0, 0.05) is 32.8 Å². The lowest BCUT2D eigenvalue weighted by Crippen LogP contribution is -2.46. The molecule has 2 fully saturated rings. The molecule has 0 bridgehead atoms. The number of nitrogens with one attached hydrogen (secondary N) is 1. The minimum Gasteiger partial charge on any atom is -0.443 e. The van der Waals surface area contributed by atoms with Crippen LogP contribution in [0.1, 0.15) is 51.5 Å². The molecule has 3 heterocycles. The number of piperidine rings is 1. The summed E-state index contributed by atoms with van der Waals surface area (Å²) in [5.74, 6) is -0.313. The maximum Gasteiger partial charge on any atom is 0.426 e. The molecule has 1 aromatic rings. The van der Waals surface area contributed by atoms with Crippen molar-refractivity contribution in [2.75, 3.05) is 19.6 Å². The minimum atomic E-state index is -0.689. The van der Waals surface area contributed by atoms with Crippen molar-refractivity contribution in [3.8, 4) is 0 Å². The molecule has 28 heavy (non-hydrogen) atoms. The second-order valence-electron chi connectivity index (χ2n) is 8.57. The number of hydrazine groups is 1. The summed E-state index contributed by atoms with van der Waals surface area (Å²) < 4.78 is 6.96. The fraction of sp³-hybridized carbons (Fsp3) is 0.684. The third kappa shape index (κ3) is 4.82. The molecule has 154 valence electrons. The molecule has 2 aliphatic heterocycles. The second-order valence-corrected chi connectivity index (χ2v) is 8.57. The smallest absolute Gasteiger partial charge is 0.426 e. The van der Waals surface area contributed by atoms with E-state index in [4.69, 9.17) is 4.74 Å². The van der Waals surface area contributed by atoms with Crippen LogP contribution in [0.4, 0.5) is 4.79 Å². The van der Waals surface area contributed by atoms with Crippen LogP contribution >= 0.6 is 0 Å². The van der Waals surface area contributed by atoms with Crippen LogP contribution in [0.25, 0.3) is 0 Å². The van der Waals surface area contributed by atoms with Crippen molar-refractivity contribution in [3.63, 3.8) is 0 Å². The van der Waals surface area contributed by atoms with Crippen molar-refractivity contribution >= 4 is 17.9 Å². The lowest BCUT2D eigenvalue weighted by atomic mass is 9.91. The maximum atomic E-state index is 12.8. The average Bonchev–Trinajstić information content (AvgIpc) is 3.19. The van der Waals surface area contributed by atoms with Gasteiger partial charge in [0.25, 0.3) is 0 Å². The van der Waals surface area contributed by atoms with Gasteiger partial charge in [-0.25, -0.2) is 10.2 Å². The van der Waals surface area contributed by atoms with E-state index in [0.717, 1.165) is 12.8 Å². The van der Waals surface area contributed by atoms with Crippen LogP contribution in [0.2, 0.25) is 0 Å². The van der Waals surface area contributed by atoms with Gasteiger partial charge >= 0.3 is 6.09 Å². The number of aryl methyl sites for hydroxylation is 1. The zero-order chi connectivity index (χ0) is 20.5. The van der Waals surface area contributed by atoms with Gasteiger partial charge in [-0.2, -0.15) is 5.10 Å². The molecule has 3 rings (SSSR count). The molecule has 0 aliphatic carbocycles. The van der Waals surface area contributed by atoms with E-state index in [1.807, 2.05) is 24.3 Å². The first kappa shape index (κ1) is 20.2. The molecule has 1 N–H and O–H groups in total. The highest BCUT2D eigenvalue weighted by atomic mass is 16.6. The number of nitrogens with zero attached hydrogens (tertiary/aromatic N) is 4. The molecule has 9 nitrogen and oxygen atoms in total. The molecule has 1 atom stereocenters. The number of likely N-dealkylation sites (tertiary alicyclic amines) is 1. The maximum absolute atomic E-state index is 12.8. The van der Waals surface area contributed by atoms with Crippen LogP contribution in [0.5, 0.6) is 0 Å². The lowest BCUT2D eigenvalue weighted by molar-refractivity contribution is -0.136.